The van der Waals surface area contributed by atoms with Gasteiger partial charge < -0.3 is 15.2 Å². The van der Waals surface area contributed by atoms with Crippen LogP contribution in [0.3, 0.4) is 0 Å². The van der Waals surface area contributed by atoms with Gasteiger partial charge in [0.25, 0.3) is 0 Å². The maximum Gasteiger partial charge on any atom is 0.220 e. The van der Waals surface area contributed by atoms with Gasteiger partial charge in [0, 0.05) is 24.6 Å². The van der Waals surface area contributed by atoms with Crippen molar-refractivity contribution in [2.75, 3.05) is 19.8 Å². The smallest absolute Gasteiger partial charge is 0.220 e. The highest BCUT2D eigenvalue weighted by Crippen LogP contribution is 2.15. The fraction of sp³-hybridized carbons (Fsp3) is 0.500. The van der Waals surface area contributed by atoms with Crippen LogP contribution in [0.2, 0.25) is 5.02 Å². The topological polar surface area (TPSA) is 58.6 Å². The summed E-state index contributed by atoms with van der Waals surface area (Å²) in [5.74, 6) is 0.827. The predicted molar refractivity (Wildman–Crippen MR) is 75.4 cm³/mol. The highest BCUT2D eigenvalue weighted by Gasteiger charge is 2.04. The first-order valence-corrected chi connectivity index (χ1v) is 6.75. The number of aliphatic hydroxyl groups is 1. The Morgan fingerprint density at radius 1 is 1.42 bits per heavy atom. The van der Waals surface area contributed by atoms with E-state index in [0.717, 1.165) is 5.75 Å². The summed E-state index contributed by atoms with van der Waals surface area (Å²) in [5.41, 5.74) is 0. The van der Waals surface area contributed by atoms with Crippen molar-refractivity contribution < 1.29 is 14.6 Å². The van der Waals surface area contributed by atoms with Crippen LogP contribution >= 0.6 is 11.6 Å². The quantitative estimate of drug-likeness (QED) is 0.720. The summed E-state index contributed by atoms with van der Waals surface area (Å²) in [7, 11) is 0. The molecule has 0 aromatic heterocycles. The van der Waals surface area contributed by atoms with E-state index in [9.17, 15) is 4.79 Å². The predicted octanol–water partition coefficient (Wildman–Crippen LogP) is 2.24. The highest BCUT2D eigenvalue weighted by atomic mass is 35.5. The highest BCUT2D eigenvalue weighted by molar-refractivity contribution is 6.30. The van der Waals surface area contributed by atoms with Crippen molar-refractivity contribution in [2.24, 2.45) is 5.92 Å². The standard InChI is InChI=1S/C14H20ClNO3/c1-11(10-17)9-16-14(18)3-2-8-19-13-6-4-12(15)5-7-13/h4-7,11,17H,2-3,8-10H2,1H3,(H,16,18). The molecule has 106 valence electrons. The SMILES string of the molecule is CC(CO)CNC(=O)CCCOc1ccc(Cl)cc1. The first-order valence-electron chi connectivity index (χ1n) is 6.37. The van der Waals surface area contributed by atoms with Gasteiger partial charge in [0.15, 0.2) is 0 Å². The Labute approximate surface area is 118 Å². The van der Waals surface area contributed by atoms with Crippen LogP contribution in [0.15, 0.2) is 24.3 Å². The van der Waals surface area contributed by atoms with E-state index in [0.29, 0.717) is 31.0 Å². The van der Waals surface area contributed by atoms with E-state index in [1.165, 1.54) is 0 Å². The van der Waals surface area contributed by atoms with E-state index in [1.54, 1.807) is 24.3 Å². The third-order valence-corrected chi connectivity index (χ3v) is 2.84. The number of carbonyl (C=O) groups excluding carboxylic acids is 1. The Bertz CT molecular complexity index is 381. The monoisotopic (exact) mass is 285 g/mol. The van der Waals surface area contributed by atoms with Crippen LogP contribution in [0.4, 0.5) is 0 Å². The fourth-order valence-electron chi connectivity index (χ4n) is 1.39. The third-order valence-electron chi connectivity index (χ3n) is 2.59. The first kappa shape index (κ1) is 15.8. The second-order valence-electron chi connectivity index (χ2n) is 4.50. The number of benzene rings is 1. The number of hydrogen-bond acceptors (Lipinski definition) is 3. The van der Waals surface area contributed by atoms with Gasteiger partial charge in [-0.2, -0.15) is 0 Å². The lowest BCUT2D eigenvalue weighted by atomic mass is 10.2. The summed E-state index contributed by atoms with van der Waals surface area (Å²) in [6.45, 7) is 2.96. The minimum Gasteiger partial charge on any atom is -0.494 e. The summed E-state index contributed by atoms with van der Waals surface area (Å²) >= 11 is 5.76. The Kier molecular flexibility index (Phi) is 7.30. The van der Waals surface area contributed by atoms with Crippen molar-refractivity contribution in [1.29, 1.82) is 0 Å². The summed E-state index contributed by atoms with van der Waals surface area (Å²) in [6, 6.07) is 7.12. The van der Waals surface area contributed by atoms with Crippen molar-refractivity contribution in [1.82, 2.24) is 5.32 Å². The number of rotatable bonds is 8. The van der Waals surface area contributed by atoms with Gasteiger partial charge in [0.2, 0.25) is 5.91 Å². The minimum absolute atomic E-state index is 0.0139. The molecule has 0 saturated heterocycles. The van der Waals surface area contributed by atoms with Crippen molar-refractivity contribution in [3.63, 3.8) is 0 Å². The number of ether oxygens (including phenoxy) is 1. The Hall–Kier alpha value is -1.26. The lowest BCUT2D eigenvalue weighted by Gasteiger charge is -2.10. The lowest BCUT2D eigenvalue weighted by molar-refractivity contribution is -0.121. The molecule has 0 aliphatic rings. The van der Waals surface area contributed by atoms with Gasteiger partial charge in [-0.1, -0.05) is 18.5 Å². The molecule has 19 heavy (non-hydrogen) atoms. The summed E-state index contributed by atoms with van der Waals surface area (Å²) in [4.78, 5) is 11.5. The largest absolute Gasteiger partial charge is 0.494 e. The summed E-state index contributed by atoms with van der Waals surface area (Å²) in [6.07, 6.45) is 1.08. The molecular weight excluding hydrogens is 266 g/mol. The molecule has 0 aliphatic heterocycles. The van der Waals surface area contributed by atoms with Gasteiger partial charge in [0.1, 0.15) is 5.75 Å². The van der Waals surface area contributed by atoms with Crippen LogP contribution < -0.4 is 10.1 Å². The van der Waals surface area contributed by atoms with Gasteiger partial charge in [-0.25, -0.2) is 0 Å². The van der Waals surface area contributed by atoms with Crippen molar-refractivity contribution in [3.05, 3.63) is 29.3 Å². The molecule has 0 fully saturated rings. The molecule has 0 bridgehead atoms. The molecule has 4 nitrogen and oxygen atoms in total. The van der Waals surface area contributed by atoms with Gasteiger partial charge in [-0.15, -0.1) is 0 Å². The van der Waals surface area contributed by atoms with E-state index in [-0.39, 0.29) is 18.4 Å². The van der Waals surface area contributed by atoms with Crippen molar-refractivity contribution >= 4 is 17.5 Å². The zero-order valence-electron chi connectivity index (χ0n) is 11.1. The van der Waals surface area contributed by atoms with Crippen molar-refractivity contribution in [3.8, 4) is 5.75 Å². The van der Waals surface area contributed by atoms with Gasteiger partial charge in [0.05, 0.1) is 6.61 Å². The van der Waals surface area contributed by atoms with Gasteiger partial charge >= 0.3 is 0 Å². The van der Waals surface area contributed by atoms with Crippen LogP contribution in [0, 0.1) is 5.92 Å². The van der Waals surface area contributed by atoms with E-state index in [4.69, 9.17) is 21.4 Å². The van der Waals surface area contributed by atoms with Crippen LogP contribution in [0.1, 0.15) is 19.8 Å². The number of hydrogen-bond donors (Lipinski definition) is 2. The maximum absolute atomic E-state index is 11.5. The Morgan fingerprint density at radius 3 is 2.74 bits per heavy atom. The van der Waals surface area contributed by atoms with E-state index in [1.807, 2.05) is 6.92 Å². The van der Waals surface area contributed by atoms with Gasteiger partial charge in [-0.05, 0) is 36.6 Å². The molecule has 1 atom stereocenters. The van der Waals surface area contributed by atoms with Gasteiger partial charge in [-0.3, -0.25) is 4.79 Å². The summed E-state index contributed by atoms with van der Waals surface area (Å²) < 4.78 is 5.48. The number of nitrogens with one attached hydrogen (secondary N) is 1. The zero-order valence-corrected chi connectivity index (χ0v) is 11.8. The zero-order chi connectivity index (χ0) is 14.1. The second-order valence-corrected chi connectivity index (χ2v) is 4.93. The normalized spacial score (nSPS) is 11.9. The maximum atomic E-state index is 11.5. The minimum atomic E-state index is -0.0139. The molecular formula is C14H20ClNO3. The molecule has 2 N–H and O–H groups in total. The Balaban J connectivity index is 2.10. The van der Waals surface area contributed by atoms with Crippen LogP contribution in [0.5, 0.6) is 5.75 Å². The molecule has 5 heteroatoms. The molecule has 1 unspecified atom stereocenters. The summed E-state index contributed by atoms with van der Waals surface area (Å²) in [5, 5.41) is 12.3. The van der Waals surface area contributed by atoms with E-state index < -0.39 is 0 Å². The Morgan fingerprint density at radius 2 is 2.11 bits per heavy atom. The van der Waals surface area contributed by atoms with Crippen LogP contribution in [-0.4, -0.2) is 30.8 Å². The molecule has 0 spiro atoms. The first-order chi connectivity index (χ1) is 9.11. The van der Waals surface area contributed by atoms with Crippen LogP contribution in [-0.2, 0) is 4.79 Å². The molecule has 0 aliphatic carbocycles. The molecule has 1 rings (SSSR count). The average molecular weight is 286 g/mol. The molecule has 1 aromatic carbocycles. The van der Waals surface area contributed by atoms with E-state index >= 15 is 0 Å². The molecule has 0 saturated carbocycles. The number of carbonyl (C=O) groups is 1. The molecule has 0 heterocycles. The number of halogens is 1. The number of amides is 1. The lowest BCUT2D eigenvalue weighted by Crippen LogP contribution is -2.29. The molecule has 1 amide bonds. The van der Waals surface area contributed by atoms with Crippen LogP contribution in [0.25, 0.3) is 0 Å². The second kappa shape index (κ2) is 8.77. The third kappa shape index (κ3) is 7.03. The van der Waals surface area contributed by atoms with Crippen molar-refractivity contribution in [2.45, 2.75) is 19.8 Å². The average Bonchev–Trinajstić information content (AvgIpc) is 2.42. The molecule has 0 radical (unpaired) electrons. The fourth-order valence-corrected chi connectivity index (χ4v) is 1.52. The van der Waals surface area contributed by atoms with E-state index in [2.05, 4.69) is 5.32 Å². The number of aliphatic hydroxyl groups excluding tert-OH is 1. The molecule has 1 aromatic rings.